The highest BCUT2D eigenvalue weighted by atomic mass is 16.6. The van der Waals surface area contributed by atoms with Crippen molar-refractivity contribution in [3.8, 4) is 11.5 Å². The predicted molar refractivity (Wildman–Crippen MR) is 192 cm³/mol. The maximum atomic E-state index is 12.8. The molecule has 3 aromatic carbocycles. The number of hydrogen-bond acceptors (Lipinski definition) is 8. The first kappa shape index (κ1) is 37.4. The zero-order valence-electron chi connectivity index (χ0n) is 29.2. The predicted octanol–water partition coefficient (Wildman–Crippen LogP) is 6.75. The summed E-state index contributed by atoms with van der Waals surface area (Å²) in [6.45, 7) is 9.11. The molecule has 0 spiro atoms. The van der Waals surface area contributed by atoms with E-state index in [-0.39, 0.29) is 11.7 Å². The third kappa shape index (κ3) is 12.5. The molecule has 0 saturated heterocycles. The molecule has 3 N–H and O–H groups in total. The van der Waals surface area contributed by atoms with E-state index in [4.69, 9.17) is 18.9 Å². The van der Waals surface area contributed by atoms with Crippen molar-refractivity contribution >= 4 is 17.0 Å². The van der Waals surface area contributed by atoms with Crippen LogP contribution in [-0.2, 0) is 22.6 Å². The van der Waals surface area contributed by atoms with Gasteiger partial charge < -0.3 is 39.3 Å². The topological polar surface area (TPSA) is 122 Å². The minimum atomic E-state index is -0.750. The molecule has 1 aromatic heterocycles. The third-order valence-electron chi connectivity index (χ3n) is 7.91. The molecule has 49 heavy (non-hydrogen) atoms. The number of nitrogens with zero attached hydrogens (tertiary/aromatic N) is 1. The molecule has 10 nitrogen and oxygen atoms in total. The molecule has 264 valence electrons. The average Bonchev–Trinajstić information content (AvgIpc) is 3.08. The lowest BCUT2D eigenvalue weighted by molar-refractivity contribution is 0.0155. The van der Waals surface area contributed by atoms with Gasteiger partial charge in [-0.25, -0.2) is 4.79 Å². The number of fused-ring (bicyclic) bond motifs is 1. The summed E-state index contributed by atoms with van der Waals surface area (Å²) in [4.78, 5) is 29.5. The Morgan fingerprint density at radius 3 is 2.39 bits per heavy atom. The standard InChI is InChI=1S/C39H51N3O7/c1-39(2,3)49-38(45)42(27-29-12-8-7-9-13-29)23-25-47-24-11-6-5-10-22-40-26-34(43)32-18-20-35(37-33(32)19-21-36(44)41-37)48-28-30-14-16-31(46-4)17-15-30/h7-9,12-21,34,40,43H,5-6,10-11,22-28H2,1-4H3,(H,41,44). The first-order valence-corrected chi connectivity index (χ1v) is 17.0. The van der Waals surface area contributed by atoms with E-state index in [9.17, 15) is 14.7 Å². The normalized spacial score (nSPS) is 12.1. The van der Waals surface area contributed by atoms with E-state index in [1.807, 2.05) is 81.4 Å². The van der Waals surface area contributed by atoms with Crippen LogP contribution in [0.3, 0.4) is 0 Å². The van der Waals surface area contributed by atoms with Gasteiger partial charge in [0.25, 0.3) is 0 Å². The van der Waals surface area contributed by atoms with Gasteiger partial charge in [-0.2, -0.15) is 0 Å². The van der Waals surface area contributed by atoms with Gasteiger partial charge in [-0.1, -0.05) is 61.4 Å². The van der Waals surface area contributed by atoms with Gasteiger partial charge in [0.05, 0.1) is 25.3 Å². The van der Waals surface area contributed by atoms with Crippen LogP contribution in [0.4, 0.5) is 4.79 Å². The number of amides is 1. The Labute approximate surface area is 289 Å². The zero-order chi connectivity index (χ0) is 35.1. The minimum absolute atomic E-state index is 0.234. The molecule has 4 aromatic rings. The summed E-state index contributed by atoms with van der Waals surface area (Å²) in [5, 5.41) is 15.1. The molecule has 1 amide bonds. The summed E-state index contributed by atoms with van der Waals surface area (Å²) < 4.78 is 22.7. The molecule has 0 saturated carbocycles. The largest absolute Gasteiger partial charge is 0.497 e. The van der Waals surface area contributed by atoms with Crippen molar-refractivity contribution in [2.45, 2.75) is 71.3 Å². The summed E-state index contributed by atoms with van der Waals surface area (Å²) in [7, 11) is 1.62. The average molecular weight is 674 g/mol. The Bertz CT molecular complexity index is 1640. The van der Waals surface area contributed by atoms with Crippen LogP contribution in [0.15, 0.2) is 83.7 Å². The molecule has 0 aliphatic carbocycles. The third-order valence-corrected chi connectivity index (χ3v) is 7.91. The van der Waals surface area contributed by atoms with Gasteiger partial charge in [0.2, 0.25) is 5.56 Å². The Hall–Kier alpha value is -4.38. The van der Waals surface area contributed by atoms with Crippen molar-refractivity contribution < 1.29 is 28.8 Å². The number of pyridine rings is 1. The van der Waals surface area contributed by atoms with E-state index in [0.717, 1.165) is 60.1 Å². The van der Waals surface area contributed by atoms with Gasteiger partial charge in [-0.05, 0) is 81.1 Å². The summed E-state index contributed by atoms with van der Waals surface area (Å²) in [6.07, 6.45) is 2.88. The number of unbranched alkanes of at least 4 members (excludes halogenated alkanes) is 3. The first-order chi connectivity index (χ1) is 23.6. The lowest BCUT2D eigenvalue weighted by Crippen LogP contribution is -2.38. The number of carbonyl (C=O) groups excluding carboxylic acids is 1. The highest BCUT2D eigenvalue weighted by molar-refractivity contribution is 5.87. The number of aliphatic hydroxyl groups is 1. The van der Waals surface area contributed by atoms with E-state index in [1.54, 1.807) is 24.1 Å². The summed E-state index contributed by atoms with van der Waals surface area (Å²) >= 11 is 0. The van der Waals surface area contributed by atoms with Crippen LogP contribution in [0, 0.1) is 0 Å². The molecule has 0 aliphatic heterocycles. The van der Waals surface area contributed by atoms with E-state index in [1.165, 1.54) is 6.07 Å². The maximum Gasteiger partial charge on any atom is 0.410 e. The van der Waals surface area contributed by atoms with E-state index < -0.39 is 11.7 Å². The Kier molecular flexibility index (Phi) is 14.5. The summed E-state index contributed by atoms with van der Waals surface area (Å²) in [5.74, 6) is 1.32. The van der Waals surface area contributed by atoms with Crippen LogP contribution in [0.1, 0.15) is 69.2 Å². The number of H-pyrrole nitrogens is 1. The number of aromatic amines is 1. The van der Waals surface area contributed by atoms with Crippen molar-refractivity contribution in [3.05, 3.63) is 106 Å². The number of benzene rings is 3. The van der Waals surface area contributed by atoms with Crippen LogP contribution < -0.4 is 20.3 Å². The van der Waals surface area contributed by atoms with Crippen LogP contribution in [0.2, 0.25) is 0 Å². The molecule has 0 fully saturated rings. The Balaban J connectivity index is 1.14. The van der Waals surface area contributed by atoms with E-state index in [2.05, 4.69) is 10.3 Å². The number of rotatable bonds is 19. The smallest absolute Gasteiger partial charge is 0.410 e. The molecule has 1 atom stereocenters. The summed E-state index contributed by atoms with van der Waals surface area (Å²) in [6, 6.07) is 24.3. The Morgan fingerprint density at radius 1 is 0.898 bits per heavy atom. The molecule has 1 heterocycles. The molecule has 0 aliphatic rings. The molecule has 1 unspecified atom stereocenters. The molecular weight excluding hydrogens is 622 g/mol. The van der Waals surface area contributed by atoms with Crippen LogP contribution >= 0.6 is 0 Å². The number of hydrogen-bond donors (Lipinski definition) is 3. The van der Waals surface area contributed by atoms with Crippen molar-refractivity contribution in [1.82, 2.24) is 15.2 Å². The van der Waals surface area contributed by atoms with Gasteiger partial charge >= 0.3 is 6.09 Å². The minimum Gasteiger partial charge on any atom is -0.497 e. The fourth-order valence-corrected chi connectivity index (χ4v) is 5.34. The van der Waals surface area contributed by atoms with Gasteiger partial charge in [0.15, 0.2) is 0 Å². The quantitative estimate of drug-likeness (QED) is 0.0935. The highest BCUT2D eigenvalue weighted by Gasteiger charge is 2.22. The zero-order valence-corrected chi connectivity index (χ0v) is 29.2. The van der Waals surface area contributed by atoms with Crippen LogP contribution in [0.5, 0.6) is 11.5 Å². The van der Waals surface area contributed by atoms with Crippen LogP contribution in [-0.4, -0.2) is 66.6 Å². The molecule has 0 bridgehead atoms. The molecule has 4 rings (SSSR count). The first-order valence-electron chi connectivity index (χ1n) is 17.0. The maximum absolute atomic E-state index is 12.8. The lowest BCUT2D eigenvalue weighted by atomic mass is 10.0. The second-order valence-electron chi connectivity index (χ2n) is 13.0. The fraction of sp³-hybridized carbons (Fsp3) is 0.436. The lowest BCUT2D eigenvalue weighted by Gasteiger charge is -2.27. The van der Waals surface area contributed by atoms with Gasteiger partial charge in [-0.15, -0.1) is 0 Å². The molecular formula is C39H51N3O7. The fourth-order valence-electron chi connectivity index (χ4n) is 5.34. The molecule has 10 heteroatoms. The van der Waals surface area contributed by atoms with Gasteiger partial charge in [-0.3, -0.25) is 4.79 Å². The monoisotopic (exact) mass is 673 g/mol. The number of aliphatic hydroxyl groups excluding tert-OH is 1. The highest BCUT2D eigenvalue weighted by Crippen LogP contribution is 2.30. The van der Waals surface area contributed by atoms with Crippen molar-refractivity contribution in [1.29, 1.82) is 0 Å². The van der Waals surface area contributed by atoms with E-state index in [0.29, 0.717) is 50.7 Å². The van der Waals surface area contributed by atoms with Crippen LogP contribution in [0.25, 0.3) is 10.9 Å². The van der Waals surface area contributed by atoms with Crippen molar-refractivity contribution in [2.75, 3.05) is 40.0 Å². The second-order valence-corrected chi connectivity index (χ2v) is 13.0. The van der Waals surface area contributed by atoms with E-state index >= 15 is 0 Å². The summed E-state index contributed by atoms with van der Waals surface area (Å²) in [5.41, 5.74) is 2.51. The Morgan fingerprint density at radius 2 is 1.65 bits per heavy atom. The van der Waals surface area contributed by atoms with Gasteiger partial charge in [0, 0.05) is 37.7 Å². The number of methoxy groups -OCH3 is 1. The van der Waals surface area contributed by atoms with Crippen molar-refractivity contribution in [2.24, 2.45) is 0 Å². The number of nitrogens with one attached hydrogen (secondary N) is 2. The number of ether oxygens (including phenoxy) is 4. The molecule has 0 radical (unpaired) electrons. The van der Waals surface area contributed by atoms with Crippen molar-refractivity contribution in [3.63, 3.8) is 0 Å². The second kappa shape index (κ2) is 19.0. The number of aromatic nitrogens is 1. The van der Waals surface area contributed by atoms with Gasteiger partial charge in [0.1, 0.15) is 23.7 Å². The number of carbonyl (C=O) groups is 1. The SMILES string of the molecule is COc1ccc(COc2ccc(C(O)CNCCCCCCOCCN(Cc3ccccc3)C(=O)OC(C)(C)C)c3ccc(=O)[nH]c23)cc1.